The van der Waals surface area contributed by atoms with Crippen molar-refractivity contribution in [3.05, 3.63) is 5.21 Å². The first-order valence-corrected chi connectivity index (χ1v) is 2.82. The molecule has 1 atom stereocenters. The minimum Gasteiger partial charge on any atom is -0.372 e. The molecule has 1 heterocycles. The molecule has 0 bridgehead atoms. The van der Waals surface area contributed by atoms with Crippen molar-refractivity contribution in [2.75, 3.05) is 7.11 Å². The van der Waals surface area contributed by atoms with Crippen LogP contribution in [0, 0.1) is 5.21 Å². The third kappa shape index (κ3) is 1.57. The summed E-state index contributed by atoms with van der Waals surface area (Å²) < 4.78 is 4.78. The molecule has 0 aromatic carbocycles. The Hall–Kier alpha value is -0.770. The number of hydrogen-bond donors (Lipinski definition) is 0. The highest BCUT2D eigenvalue weighted by Gasteiger charge is 2.12. The highest BCUT2D eigenvalue weighted by Crippen LogP contribution is 2.05. The van der Waals surface area contributed by atoms with Gasteiger partial charge < -0.3 is 9.57 Å². The molecular formula is C5H9NO3. The number of ether oxygens (including phenoxy) is 1. The van der Waals surface area contributed by atoms with Crippen LogP contribution in [0.3, 0.4) is 0 Å². The van der Waals surface area contributed by atoms with Crippen molar-refractivity contribution < 1.29 is 14.5 Å². The molecule has 0 unspecified atom stereocenters. The van der Waals surface area contributed by atoms with E-state index in [0.29, 0.717) is 4.90 Å². The second-order valence-electron chi connectivity index (χ2n) is 1.82. The minimum absolute atomic E-state index is 0.354. The summed E-state index contributed by atoms with van der Waals surface area (Å²) in [6.45, 7) is 0. The van der Waals surface area contributed by atoms with E-state index in [9.17, 15) is 5.21 Å². The van der Waals surface area contributed by atoms with Gasteiger partial charge in [-0.05, 0) is 6.42 Å². The van der Waals surface area contributed by atoms with Gasteiger partial charge in [-0.25, -0.2) is 0 Å². The predicted octanol–water partition coefficient (Wildman–Crippen LogP) is 0.265. The molecule has 0 aromatic rings. The molecule has 0 saturated carbocycles. The topological polar surface area (TPSA) is 44.5 Å². The summed E-state index contributed by atoms with van der Waals surface area (Å²) in [7, 11) is 1.52. The van der Waals surface area contributed by atoms with Crippen LogP contribution in [0.4, 0.5) is 0 Å². The van der Waals surface area contributed by atoms with Crippen LogP contribution < -0.4 is 0 Å². The summed E-state index contributed by atoms with van der Waals surface area (Å²) in [4.78, 5) is 5.08. The summed E-state index contributed by atoms with van der Waals surface area (Å²) in [5, 5.41) is 10.4. The Morgan fingerprint density at radius 2 is 2.67 bits per heavy atom. The monoisotopic (exact) mass is 131 g/mol. The van der Waals surface area contributed by atoms with Crippen LogP contribution in [0.2, 0.25) is 0 Å². The molecule has 0 spiro atoms. The smallest absolute Gasteiger partial charge is 0.210 e. The average Bonchev–Trinajstić information content (AvgIpc) is 1.88. The minimum atomic E-state index is -0.354. The van der Waals surface area contributed by atoms with Crippen molar-refractivity contribution in [2.24, 2.45) is 0 Å². The van der Waals surface area contributed by atoms with Gasteiger partial charge in [0.1, 0.15) is 0 Å². The van der Waals surface area contributed by atoms with E-state index in [0.717, 1.165) is 12.8 Å². The van der Waals surface area contributed by atoms with Crippen LogP contribution in [0.1, 0.15) is 12.8 Å². The number of nitrogens with zero attached hydrogens (tertiary/aromatic N) is 1. The van der Waals surface area contributed by atoms with Crippen LogP contribution in [0.5, 0.6) is 0 Å². The van der Waals surface area contributed by atoms with E-state index in [1.807, 2.05) is 0 Å². The highest BCUT2D eigenvalue weighted by molar-refractivity contribution is 5.51. The van der Waals surface area contributed by atoms with Crippen molar-refractivity contribution in [1.29, 1.82) is 0 Å². The van der Waals surface area contributed by atoms with Gasteiger partial charge in [-0.15, -0.1) is 0 Å². The lowest BCUT2D eigenvalue weighted by atomic mass is 10.3. The average molecular weight is 131 g/mol. The van der Waals surface area contributed by atoms with Gasteiger partial charge in [-0.1, -0.05) is 0 Å². The summed E-state index contributed by atoms with van der Waals surface area (Å²) in [5.74, 6) is 0. The molecule has 0 radical (unpaired) electrons. The van der Waals surface area contributed by atoms with Gasteiger partial charge in [0.15, 0.2) is 6.29 Å². The molecule has 9 heavy (non-hydrogen) atoms. The molecule has 0 amide bonds. The fraction of sp³-hybridized carbons (Fsp3) is 0.800. The molecule has 0 aliphatic carbocycles. The highest BCUT2D eigenvalue weighted by atomic mass is 16.9. The fourth-order valence-corrected chi connectivity index (χ4v) is 0.689. The lowest BCUT2D eigenvalue weighted by molar-refractivity contribution is -0.767. The molecule has 1 rings (SSSR count). The Labute approximate surface area is 53.2 Å². The maximum atomic E-state index is 10.4. The maximum absolute atomic E-state index is 10.4. The Morgan fingerprint density at radius 3 is 3.11 bits per heavy atom. The quantitative estimate of drug-likeness (QED) is 0.479. The van der Waals surface area contributed by atoms with Crippen molar-refractivity contribution in [1.82, 2.24) is 0 Å². The van der Waals surface area contributed by atoms with Gasteiger partial charge in [-0.3, -0.25) is 5.21 Å². The van der Waals surface area contributed by atoms with Gasteiger partial charge in [0, 0.05) is 18.4 Å². The van der Waals surface area contributed by atoms with Crippen molar-refractivity contribution >= 4 is 6.21 Å². The SMILES string of the molecule is CO[C@@H]1CCC=[N+]([O-])O1. The van der Waals surface area contributed by atoms with Gasteiger partial charge in [0.25, 0.3) is 0 Å². The normalized spacial score (nSPS) is 26.8. The molecule has 0 saturated heterocycles. The Kier molecular flexibility index (Phi) is 1.89. The third-order valence-electron chi connectivity index (χ3n) is 1.16. The largest absolute Gasteiger partial charge is 0.372 e. The summed E-state index contributed by atoms with van der Waals surface area (Å²) in [6.07, 6.45) is 2.57. The van der Waals surface area contributed by atoms with Gasteiger partial charge in [0.2, 0.25) is 6.21 Å². The van der Waals surface area contributed by atoms with Gasteiger partial charge >= 0.3 is 0 Å². The first-order chi connectivity index (χ1) is 4.33. The molecule has 4 heteroatoms. The first kappa shape index (κ1) is 6.35. The zero-order valence-corrected chi connectivity index (χ0v) is 5.24. The van der Waals surface area contributed by atoms with E-state index < -0.39 is 0 Å². The molecular weight excluding hydrogens is 122 g/mol. The van der Waals surface area contributed by atoms with Crippen LogP contribution in [-0.2, 0) is 9.57 Å². The second-order valence-corrected chi connectivity index (χ2v) is 1.82. The van der Waals surface area contributed by atoms with E-state index in [1.54, 1.807) is 0 Å². The lowest BCUT2D eigenvalue weighted by Crippen LogP contribution is -2.25. The fourth-order valence-electron chi connectivity index (χ4n) is 0.689. The van der Waals surface area contributed by atoms with E-state index in [4.69, 9.17) is 4.74 Å². The second kappa shape index (κ2) is 2.68. The van der Waals surface area contributed by atoms with E-state index >= 15 is 0 Å². The molecule has 4 nitrogen and oxygen atoms in total. The lowest BCUT2D eigenvalue weighted by Gasteiger charge is -2.19. The summed E-state index contributed by atoms with van der Waals surface area (Å²) >= 11 is 0. The number of hydrogen-bond acceptors (Lipinski definition) is 3. The molecule has 0 aromatic heterocycles. The Bertz CT molecular complexity index is 123. The zero-order chi connectivity index (χ0) is 6.69. The summed E-state index contributed by atoms with van der Waals surface area (Å²) in [6, 6.07) is 0. The van der Waals surface area contributed by atoms with Gasteiger partial charge in [-0.2, -0.15) is 0 Å². The van der Waals surface area contributed by atoms with Crippen molar-refractivity contribution in [3.8, 4) is 0 Å². The number of rotatable bonds is 1. The van der Waals surface area contributed by atoms with Crippen LogP contribution in [-0.4, -0.2) is 24.5 Å². The van der Waals surface area contributed by atoms with E-state index in [2.05, 4.69) is 4.84 Å². The summed E-state index contributed by atoms with van der Waals surface area (Å²) in [5.41, 5.74) is 0. The first-order valence-electron chi connectivity index (χ1n) is 2.82. The van der Waals surface area contributed by atoms with Crippen molar-refractivity contribution in [2.45, 2.75) is 19.1 Å². The molecule has 0 fully saturated rings. The maximum Gasteiger partial charge on any atom is 0.210 e. The van der Waals surface area contributed by atoms with Crippen molar-refractivity contribution in [3.63, 3.8) is 0 Å². The Balaban J connectivity index is 2.39. The molecule has 1 aliphatic rings. The number of methoxy groups -OCH3 is 1. The standard InChI is InChI=1S/C5H9NO3/c1-8-5-3-2-4-6(7)9-5/h4-5H,2-3H2,1H3/t5-/m0/s1. The Morgan fingerprint density at radius 1 is 1.89 bits per heavy atom. The molecule has 1 aliphatic heterocycles. The molecule has 0 N–H and O–H groups in total. The molecule has 52 valence electrons. The van der Waals surface area contributed by atoms with E-state index in [1.165, 1.54) is 13.3 Å². The zero-order valence-electron chi connectivity index (χ0n) is 5.24. The van der Waals surface area contributed by atoms with Gasteiger partial charge in [0.05, 0.1) is 0 Å². The van der Waals surface area contributed by atoms with Crippen LogP contribution in [0.15, 0.2) is 0 Å². The van der Waals surface area contributed by atoms with E-state index in [-0.39, 0.29) is 6.29 Å². The third-order valence-corrected chi connectivity index (χ3v) is 1.16. The van der Waals surface area contributed by atoms with Crippen LogP contribution in [0.25, 0.3) is 0 Å². The predicted molar refractivity (Wildman–Crippen MR) is 30.8 cm³/mol. The van der Waals surface area contributed by atoms with Crippen LogP contribution >= 0.6 is 0 Å².